The number of hydrogen-bond donors (Lipinski definition) is 2. The summed E-state index contributed by atoms with van der Waals surface area (Å²) in [4.78, 5) is 2.01. The summed E-state index contributed by atoms with van der Waals surface area (Å²) in [5.74, 6) is 0.330. The molecule has 3 nitrogen and oxygen atoms in total. The van der Waals surface area contributed by atoms with Gasteiger partial charge < -0.3 is 15.7 Å². The third-order valence-corrected chi connectivity index (χ3v) is 1.87. The SMILES string of the molecule is CN(C)Cc1ccc(CN)cc1O. The van der Waals surface area contributed by atoms with Crippen molar-refractivity contribution in [2.24, 2.45) is 5.73 Å². The minimum Gasteiger partial charge on any atom is -0.508 e. The van der Waals surface area contributed by atoms with Gasteiger partial charge >= 0.3 is 0 Å². The zero-order valence-corrected chi connectivity index (χ0v) is 8.12. The van der Waals surface area contributed by atoms with Crippen LogP contribution in [0.1, 0.15) is 11.1 Å². The highest BCUT2D eigenvalue weighted by Crippen LogP contribution is 2.19. The zero-order chi connectivity index (χ0) is 9.84. The number of nitrogens with zero attached hydrogens (tertiary/aromatic N) is 1. The molecule has 0 unspecified atom stereocenters. The lowest BCUT2D eigenvalue weighted by Crippen LogP contribution is -2.10. The highest BCUT2D eigenvalue weighted by molar-refractivity contribution is 5.36. The minimum absolute atomic E-state index is 0.330. The van der Waals surface area contributed by atoms with Crippen molar-refractivity contribution in [3.8, 4) is 5.75 Å². The summed E-state index contributed by atoms with van der Waals surface area (Å²) in [5, 5.41) is 9.59. The van der Waals surface area contributed by atoms with Crippen molar-refractivity contribution in [2.75, 3.05) is 14.1 Å². The molecule has 0 aliphatic rings. The molecule has 13 heavy (non-hydrogen) atoms. The smallest absolute Gasteiger partial charge is 0.120 e. The van der Waals surface area contributed by atoms with E-state index in [4.69, 9.17) is 5.73 Å². The molecule has 0 saturated carbocycles. The topological polar surface area (TPSA) is 49.5 Å². The molecule has 0 fully saturated rings. The Balaban J connectivity index is 2.85. The molecule has 3 N–H and O–H groups in total. The van der Waals surface area contributed by atoms with E-state index in [9.17, 15) is 5.11 Å². The van der Waals surface area contributed by atoms with Gasteiger partial charge in [-0.05, 0) is 25.7 Å². The first-order valence-electron chi connectivity index (χ1n) is 4.29. The standard InChI is InChI=1S/C10H16N2O/c1-12(2)7-9-4-3-8(6-11)5-10(9)13/h3-5,13H,6-7,11H2,1-2H3. The number of rotatable bonds is 3. The molecule has 0 saturated heterocycles. The maximum absolute atomic E-state index is 9.59. The highest BCUT2D eigenvalue weighted by Gasteiger charge is 2.02. The van der Waals surface area contributed by atoms with Gasteiger partial charge in [0.15, 0.2) is 0 Å². The first-order valence-corrected chi connectivity index (χ1v) is 4.29. The van der Waals surface area contributed by atoms with Gasteiger partial charge in [0.1, 0.15) is 5.75 Å². The number of benzene rings is 1. The van der Waals surface area contributed by atoms with E-state index < -0.39 is 0 Å². The van der Waals surface area contributed by atoms with E-state index >= 15 is 0 Å². The van der Waals surface area contributed by atoms with Gasteiger partial charge in [-0.15, -0.1) is 0 Å². The van der Waals surface area contributed by atoms with Crippen LogP contribution in [0.2, 0.25) is 0 Å². The van der Waals surface area contributed by atoms with Crippen LogP contribution in [0.5, 0.6) is 5.75 Å². The van der Waals surface area contributed by atoms with Crippen LogP contribution >= 0.6 is 0 Å². The van der Waals surface area contributed by atoms with E-state index in [1.807, 2.05) is 31.1 Å². The summed E-state index contributed by atoms with van der Waals surface area (Å²) < 4.78 is 0. The van der Waals surface area contributed by atoms with Crippen molar-refractivity contribution in [3.05, 3.63) is 29.3 Å². The second-order valence-electron chi connectivity index (χ2n) is 3.40. The van der Waals surface area contributed by atoms with Gasteiger partial charge in [-0.3, -0.25) is 0 Å². The van der Waals surface area contributed by atoms with E-state index in [1.165, 1.54) is 0 Å². The van der Waals surface area contributed by atoms with Crippen molar-refractivity contribution in [1.82, 2.24) is 4.90 Å². The lowest BCUT2D eigenvalue weighted by Gasteiger charge is -2.11. The fraction of sp³-hybridized carbons (Fsp3) is 0.400. The highest BCUT2D eigenvalue weighted by atomic mass is 16.3. The van der Waals surface area contributed by atoms with Gasteiger partial charge in [-0.25, -0.2) is 0 Å². The average Bonchev–Trinajstić information content (AvgIpc) is 2.08. The lowest BCUT2D eigenvalue weighted by molar-refractivity contribution is 0.385. The molecule has 1 rings (SSSR count). The second-order valence-corrected chi connectivity index (χ2v) is 3.40. The van der Waals surface area contributed by atoms with E-state index in [-0.39, 0.29) is 0 Å². The first-order chi connectivity index (χ1) is 6.13. The Labute approximate surface area is 78.8 Å². The Morgan fingerprint density at radius 1 is 1.38 bits per heavy atom. The number of phenolic OH excluding ortho intramolecular Hbond substituents is 1. The molecular weight excluding hydrogens is 164 g/mol. The van der Waals surface area contributed by atoms with Crippen molar-refractivity contribution in [2.45, 2.75) is 13.1 Å². The predicted octanol–water partition coefficient (Wildman–Crippen LogP) is 0.912. The van der Waals surface area contributed by atoms with Gasteiger partial charge in [0.05, 0.1) is 0 Å². The summed E-state index contributed by atoms with van der Waals surface area (Å²) in [5.41, 5.74) is 7.34. The van der Waals surface area contributed by atoms with Gasteiger partial charge in [0, 0.05) is 18.7 Å². The molecule has 3 heteroatoms. The number of nitrogens with two attached hydrogens (primary N) is 1. The van der Waals surface area contributed by atoms with E-state index in [0.717, 1.165) is 17.7 Å². The fourth-order valence-electron chi connectivity index (χ4n) is 1.21. The molecule has 1 aromatic rings. The molecule has 0 aliphatic carbocycles. The summed E-state index contributed by atoms with van der Waals surface area (Å²) in [6.07, 6.45) is 0. The van der Waals surface area contributed by atoms with E-state index in [0.29, 0.717) is 12.3 Å². The number of phenols is 1. The third kappa shape index (κ3) is 2.72. The molecular formula is C10H16N2O. The predicted molar refractivity (Wildman–Crippen MR) is 53.4 cm³/mol. The first kappa shape index (κ1) is 10.0. The van der Waals surface area contributed by atoms with Crippen molar-refractivity contribution in [3.63, 3.8) is 0 Å². The molecule has 0 spiro atoms. The Morgan fingerprint density at radius 3 is 2.54 bits per heavy atom. The van der Waals surface area contributed by atoms with Gasteiger partial charge in [0.2, 0.25) is 0 Å². The second kappa shape index (κ2) is 4.25. The van der Waals surface area contributed by atoms with Crippen LogP contribution in [-0.2, 0) is 13.1 Å². The average molecular weight is 180 g/mol. The molecule has 0 amide bonds. The zero-order valence-electron chi connectivity index (χ0n) is 8.12. The molecule has 0 atom stereocenters. The van der Waals surface area contributed by atoms with E-state index in [2.05, 4.69) is 0 Å². The number of hydrogen-bond acceptors (Lipinski definition) is 3. The van der Waals surface area contributed by atoms with Gasteiger partial charge in [-0.1, -0.05) is 12.1 Å². The van der Waals surface area contributed by atoms with Crippen LogP contribution in [0.25, 0.3) is 0 Å². The van der Waals surface area contributed by atoms with Crippen molar-refractivity contribution < 1.29 is 5.11 Å². The molecule has 72 valence electrons. The van der Waals surface area contributed by atoms with Crippen molar-refractivity contribution in [1.29, 1.82) is 0 Å². The third-order valence-electron chi connectivity index (χ3n) is 1.87. The Morgan fingerprint density at radius 2 is 2.08 bits per heavy atom. The minimum atomic E-state index is 0.330. The van der Waals surface area contributed by atoms with Crippen LogP contribution in [-0.4, -0.2) is 24.1 Å². The summed E-state index contributed by atoms with van der Waals surface area (Å²) in [7, 11) is 3.94. The van der Waals surface area contributed by atoms with Crippen LogP contribution in [0.3, 0.4) is 0 Å². The van der Waals surface area contributed by atoms with Crippen molar-refractivity contribution >= 4 is 0 Å². The van der Waals surface area contributed by atoms with Crippen LogP contribution in [0, 0.1) is 0 Å². The quantitative estimate of drug-likeness (QED) is 0.727. The summed E-state index contributed by atoms with van der Waals surface area (Å²) in [6, 6.07) is 5.58. The Bertz CT molecular complexity index is 284. The molecule has 0 radical (unpaired) electrons. The van der Waals surface area contributed by atoms with Crippen LogP contribution in [0.4, 0.5) is 0 Å². The van der Waals surface area contributed by atoms with Gasteiger partial charge in [0.25, 0.3) is 0 Å². The van der Waals surface area contributed by atoms with Crippen LogP contribution < -0.4 is 5.73 Å². The number of aromatic hydroxyl groups is 1. The molecule has 0 aliphatic heterocycles. The summed E-state index contributed by atoms with van der Waals surface area (Å²) >= 11 is 0. The Kier molecular flexibility index (Phi) is 3.28. The molecule has 0 bridgehead atoms. The normalized spacial score (nSPS) is 10.8. The summed E-state index contributed by atoms with van der Waals surface area (Å²) in [6.45, 7) is 1.21. The maximum atomic E-state index is 9.59. The molecule has 0 aromatic heterocycles. The molecule has 0 heterocycles. The largest absolute Gasteiger partial charge is 0.508 e. The maximum Gasteiger partial charge on any atom is 0.120 e. The van der Waals surface area contributed by atoms with E-state index in [1.54, 1.807) is 6.07 Å². The molecule has 1 aromatic carbocycles. The lowest BCUT2D eigenvalue weighted by atomic mass is 10.1. The monoisotopic (exact) mass is 180 g/mol. The fourth-order valence-corrected chi connectivity index (χ4v) is 1.21. The Hall–Kier alpha value is -1.06. The van der Waals surface area contributed by atoms with Crippen LogP contribution in [0.15, 0.2) is 18.2 Å². The van der Waals surface area contributed by atoms with Gasteiger partial charge in [-0.2, -0.15) is 0 Å².